The minimum absolute atomic E-state index is 0.618. The molecular weight excluding hydrogens is 304 g/mol. The number of hydrogen-bond donors (Lipinski definition) is 2. The second kappa shape index (κ2) is 5.82. The van der Waals surface area contributed by atoms with Crippen LogP contribution in [0.15, 0.2) is 54.7 Å². The second-order valence-corrected chi connectivity index (χ2v) is 5.48. The standard InChI is InChI=1S/C18H16N4O2/c1-24-14-7-4-6-13(10-14)22-11-17(20-21-22)15-9-12-5-2-3-8-16(12)19-18(15)23/h2-11,18-19,23H,1H3. The zero-order valence-electron chi connectivity index (χ0n) is 13.0. The molecule has 3 aromatic rings. The first-order chi connectivity index (χ1) is 11.7. The summed E-state index contributed by atoms with van der Waals surface area (Å²) in [6.07, 6.45) is 2.89. The number of fused-ring (bicyclic) bond motifs is 1. The zero-order valence-corrected chi connectivity index (χ0v) is 13.0. The molecule has 6 heteroatoms. The first-order valence-electron chi connectivity index (χ1n) is 7.57. The van der Waals surface area contributed by atoms with Gasteiger partial charge in [0, 0.05) is 17.3 Å². The fourth-order valence-electron chi connectivity index (χ4n) is 2.72. The van der Waals surface area contributed by atoms with Gasteiger partial charge in [-0.3, -0.25) is 0 Å². The predicted molar refractivity (Wildman–Crippen MR) is 91.9 cm³/mol. The molecule has 4 rings (SSSR count). The van der Waals surface area contributed by atoms with Crippen LogP contribution in [0.3, 0.4) is 0 Å². The lowest BCUT2D eigenvalue weighted by molar-refractivity contribution is 0.261. The Morgan fingerprint density at radius 1 is 1.17 bits per heavy atom. The van der Waals surface area contributed by atoms with Crippen LogP contribution in [0.1, 0.15) is 11.3 Å². The summed E-state index contributed by atoms with van der Waals surface area (Å²) >= 11 is 0. The van der Waals surface area contributed by atoms with Crippen molar-refractivity contribution >= 4 is 17.3 Å². The highest BCUT2D eigenvalue weighted by Crippen LogP contribution is 2.30. The lowest BCUT2D eigenvalue weighted by atomic mass is 10.0. The molecule has 2 heterocycles. The molecule has 1 atom stereocenters. The van der Waals surface area contributed by atoms with Gasteiger partial charge < -0.3 is 15.2 Å². The average molecular weight is 320 g/mol. The second-order valence-electron chi connectivity index (χ2n) is 5.48. The maximum atomic E-state index is 10.4. The number of aliphatic hydroxyl groups excluding tert-OH is 1. The maximum Gasteiger partial charge on any atom is 0.153 e. The Bertz CT molecular complexity index is 917. The number of nitrogens with zero attached hydrogens (tertiary/aromatic N) is 3. The van der Waals surface area contributed by atoms with Gasteiger partial charge in [-0.05, 0) is 29.8 Å². The molecule has 0 saturated carbocycles. The Kier molecular flexibility index (Phi) is 3.51. The molecule has 6 nitrogen and oxygen atoms in total. The van der Waals surface area contributed by atoms with Gasteiger partial charge in [-0.1, -0.05) is 29.5 Å². The number of methoxy groups -OCH3 is 1. The molecule has 0 spiro atoms. The molecule has 2 aromatic carbocycles. The van der Waals surface area contributed by atoms with E-state index in [1.54, 1.807) is 18.0 Å². The van der Waals surface area contributed by atoms with Crippen molar-refractivity contribution in [3.05, 3.63) is 66.0 Å². The number of aromatic nitrogens is 3. The summed E-state index contributed by atoms with van der Waals surface area (Å²) < 4.78 is 6.89. The van der Waals surface area contributed by atoms with Crippen LogP contribution in [0.25, 0.3) is 17.3 Å². The van der Waals surface area contributed by atoms with Crippen LogP contribution >= 0.6 is 0 Å². The monoisotopic (exact) mass is 320 g/mol. The molecule has 0 saturated heterocycles. The fraction of sp³-hybridized carbons (Fsp3) is 0.111. The Morgan fingerprint density at radius 3 is 2.92 bits per heavy atom. The van der Waals surface area contributed by atoms with Crippen LogP contribution < -0.4 is 10.1 Å². The van der Waals surface area contributed by atoms with E-state index in [1.807, 2.05) is 54.6 Å². The minimum atomic E-state index is -0.824. The van der Waals surface area contributed by atoms with Gasteiger partial charge in [0.25, 0.3) is 0 Å². The Hall–Kier alpha value is -3.12. The van der Waals surface area contributed by atoms with Gasteiger partial charge in [0.05, 0.1) is 19.0 Å². The van der Waals surface area contributed by atoms with E-state index in [9.17, 15) is 5.11 Å². The number of benzene rings is 2. The summed E-state index contributed by atoms with van der Waals surface area (Å²) in [6.45, 7) is 0. The third-order valence-electron chi connectivity index (χ3n) is 3.97. The van der Waals surface area contributed by atoms with E-state index in [2.05, 4.69) is 15.6 Å². The summed E-state index contributed by atoms with van der Waals surface area (Å²) in [4.78, 5) is 0. The number of nitrogens with one attached hydrogen (secondary N) is 1. The van der Waals surface area contributed by atoms with E-state index in [0.29, 0.717) is 11.3 Å². The highest BCUT2D eigenvalue weighted by molar-refractivity contribution is 5.90. The highest BCUT2D eigenvalue weighted by Gasteiger charge is 2.21. The topological polar surface area (TPSA) is 72.2 Å². The van der Waals surface area contributed by atoms with Crippen LogP contribution in [0.2, 0.25) is 0 Å². The van der Waals surface area contributed by atoms with Gasteiger partial charge in [0.2, 0.25) is 0 Å². The molecule has 120 valence electrons. The van der Waals surface area contributed by atoms with Crippen molar-refractivity contribution in [3.63, 3.8) is 0 Å². The van der Waals surface area contributed by atoms with Gasteiger partial charge in [-0.15, -0.1) is 5.10 Å². The molecule has 0 fully saturated rings. The molecule has 2 N–H and O–H groups in total. The third kappa shape index (κ3) is 2.53. The van der Waals surface area contributed by atoms with Crippen LogP contribution in [-0.2, 0) is 0 Å². The lowest BCUT2D eigenvalue weighted by Gasteiger charge is -2.22. The van der Waals surface area contributed by atoms with Crippen LogP contribution in [0, 0.1) is 0 Å². The Morgan fingerprint density at radius 2 is 2.04 bits per heavy atom. The minimum Gasteiger partial charge on any atom is -0.497 e. The van der Waals surface area contributed by atoms with Gasteiger partial charge in [0.15, 0.2) is 6.23 Å². The predicted octanol–water partition coefficient (Wildman–Crippen LogP) is 2.56. The smallest absolute Gasteiger partial charge is 0.153 e. The third-order valence-corrected chi connectivity index (χ3v) is 3.97. The number of anilines is 1. The summed E-state index contributed by atoms with van der Waals surface area (Å²) in [5.41, 5.74) is 4.05. The van der Waals surface area contributed by atoms with E-state index in [1.165, 1.54) is 0 Å². The van der Waals surface area contributed by atoms with E-state index in [0.717, 1.165) is 22.7 Å². The van der Waals surface area contributed by atoms with Gasteiger partial charge in [-0.25, -0.2) is 4.68 Å². The van der Waals surface area contributed by atoms with Crippen molar-refractivity contribution in [2.75, 3.05) is 12.4 Å². The first kappa shape index (κ1) is 14.5. The van der Waals surface area contributed by atoms with Crippen molar-refractivity contribution in [2.24, 2.45) is 0 Å². The quantitative estimate of drug-likeness (QED) is 0.776. The van der Waals surface area contributed by atoms with Gasteiger partial charge in [-0.2, -0.15) is 0 Å². The molecule has 0 aliphatic carbocycles. The lowest BCUT2D eigenvalue weighted by Crippen LogP contribution is -2.24. The van der Waals surface area contributed by atoms with E-state index in [4.69, 9.17) is 4.74 Å². The molecule has 1 aromatic heterocycles. The van der Waals surface area contributed by atoms with E-state index < -0.39 is 6.23 Å². The molecular formula is C18H16N4O2. The zero-order chi connectivity index (χ0) is 16.5. The summed E-state index contributed by atoms with van der Waals surface area (Å²) in [5, 5.41) is 21.8. The van der Waals surface area contributed by atoms with Gasteiger partial charge >= 0.3 is 0 Å². The number of aliphatic hydroxyl groups is 1. The van der Waals surface area contributed by atoms with E-state index in [-0.39, 0.29) is 0 Å². The van der Waals surface area contributed by atoms with Crippen LogP contribution in [0.4, 0.5) is 5.69 Å². The van der Waals surface area contributed by atoms with Crippen molar-refractivity contribution in [1.82, 2.24) is 15.0 Å². The molecule has 24 heavy (non-hydrogen) atoms. The van der Waals surface area contributed by atoms with Gasteiger partial charge in [0.1, 0.15) is 11.4 Å². The SMILES string of the molecule is COc1cccc(-n2cc(C3=Cc4ccccc4NC3O)nn2)c1. The largest absolute Gasteiger partial charge is 0.497 e. The van der Waals surface area contributed by atoms with Crippen molar-refractivity contribution in [1.29, 1.82) is 0 Å². The maximum absolute atomic E-state index is 10.4. The molecule has 0 radical (unpaired) electrons. The Labute approximate surface area is 139 Å². The highest BCUT2D eigenvalue weighted by atomic mass is 16.5. The number of hydrogen-bond acceptors (Lipinski definition) is 5. The molecule has 0 amide bonds. The number of para-hydroxylation sites is 1. The van der Waals surface area contributed by atoms with E-state index >= 15 is 0 Å². The molecule has 1 unspecified atom stereocenters. The van der Waals surface area contributed by atoms with Crippen LogP contribution in [0.5, 0.6) is 5.75 Å². The average Bonchev–Trinajstić information content (AvgIpc) is 3.11. The number of ether oxygens (including phenoxy) is 1. The summed E-state index contributed by atoms with van der Waals surface area (Å²) in [7, 11) is 1.62. The molecule has 1 aliphatic rings. The normalized spacial score (nSPS) is 16.1. The van der Waals surface area contributed by atoms with Crippen molar-refractivity contribution < 1.29 is 9.84 Å². The number of rotatable bonds is 3. The van der Waals surface area contributed by atoms with Crippen LogP contribution in [-0.4, -0.2) is 33.4 Å². The first-order valence-corrected chi connectivity index (χ1v) is 7.57. The molecule has 1 aliphatic heterocycles. The van der Waals surface area contributed by atoms with Crippen molar-refractivity contribution in [2.45, 2.75) is 6.23 Å². The fourth-order valence-corrected chi connectivity index (χ4v) is 2.72. The summed E-state index contributed by atoms with van der Waals surface area (Å²) in [5.74, 6) is 0.747. The Balaban J connectivity index is 1.71. The molecule has 0 bridgehead atoms. The summed E-state index contributed by atoms with van der Waals surface area (Å²) in [6, 6.07) is 15.4. The van der Waals surface area contributed by atoms with Crippen molar-refractivity contribution in [3.8, 4) is 11.4 Å².